The van der Waals surface area contributed by atoms with Crippen LogP contribution in [0.2, 0.25) is 0 Å². The molecule has 0 saturated carbocycles. The Balaban J connectivity index is 3.24. The Labute approximate surface area is 86.2 Å². The Bertz CT molecular complexity index is 150. The molecule has 6 heteroatoms. The van der Waals surface area contributed by atoms with E-state index >= 15 is 0 Å². The average Bonchev–Trinajstić information content (AvgIpc) is 2.14. The summed E-state index contributed by atoms with van der Waals surface area (Å²) in [5.74, 6) is 0. The lowest BCUT2D eigenvalue weighted by atomic mass is 10.1. The van der Waals surface area contributed by atoms with Gasteiger partial charge in [0.1, 0.15) is 12.8 Å². The van der Waals surface area contributed by atoms with Crippen molar-refractivity contribution in [1.82, 2.24) is 0 Å². The van der Waals surface area contributed by atoms with Crippen molar-refractivity contribution in [3.8, 4) is 0 Å². The lowest BCUT2D eigenvalue weighted by Gasteiger charge is -2.13. The van der Waals surface area contributed by atoms with Gasteiger partial charge in [0.05, 0.1) is 6.61 Å². The number of aliphatic hydroxyl groups excluding tert-OH is 1. The summed E-state index contributed by atoms with van der Waals surface area (Å²) in [4.78, 5) is 0. The smallest absolute Gasteiger partial charge is 0.384 e. The van der Waals surface area contributed by atoms with Gasteiger partial charge in [0.25, 0.3) is 0 Å². The van der Waals surface area contributed by atoms with Gasteiger partial charge < -0.3 is 9.84 Å². The van der Waals surface area contributed by atoms with Gasteiger partial charge >= 0.3 is 6.18 Å². The molecule has 0 radical (unpaired) electrons. The highest BCUT2D eigenvalue weighted by Gasteiger charge is 2.37. The first-order valence-electron chi connectivity index (χ1n) is 4.87. The molecule has 0 aliphatic rings. The van der Waals surface area contributed by atoms with E-state index in [1.54, 1.807) is 0 Å². The molecule has 0 aliphatic heterocycles. The van der Waals surface area contributed by atoms with Crippen LogP contribution in [0, 0.1) is 0 Å². The van der Waals surface area contributed by atoms with Gasteiger partial charge in [0.15, 0.2) is 0 Å². The van der Waals surface area contributed by atoms with Gasteiger partial charge in [-0.1, -0.05) is 12.8 Å². The second-order valence-electron chi connectivity index (χ2n) is 3.21. The van der Waals surface area contributed by atoms with Crippen molar-refractivity contribution in [3.05, 3.63) is 0 Å². The molecule has 1 N–H and O–H groups in total. The zero-order valence-electron chi connectivity index (χ0n) is 8.39. The van der Waals surface area contributed by atoms with Crippen molar-refractivity contribution in [2.24, 2.45) is 0 Å². The van der Waals surface area contributed by atoms with Crippen LogP contribution in [0.1, 0.15) is 25.7 Å². The molecule has 0 heterocycles. The average molecular weight is 232 g/mol. The number of unbranched alkanes of at least 4 members (excludes halogenated alkanes) is 2. The molecular weight excluding hydrogens is 216 g/mol. The van der Waals surface area contributed by atoms with Crippen LogP contribution >= 0.6 is 0 Å². The predicted molar refractivity (Wildman–Crippen MR) is 47.3 cm³/mol. The van der Waals surface area contributed by atoms with Crippen molar-refractivity contribution in [3.63, 3.8) is 0 Å². The molecule has 0 fully saturated rings. The molecule has 0 spiro atoms. The molecule has 0 rings (SSSR count). The maximum Gasteiger partial charge on any atom is 0.414 e. The van der Waals surface area contributed by atoms with E-state index in [0.29, 0.717) is 25.9 Å². The Hall–Kier alpha value is -0.360. The summed E-state index contributed by atoms with van der Waals surface area (Å²) in [6, 6.07) is 0. The predicted octanol–water partition coefficient (Wildman–Crippen LogP) is 2.46. The molecule has 2 nitrogen and oxygen atoms in total. The van der Waals surface area contributed by atoms with Crippen LogP contribution in [0.3, 0.4) is 0 Å². The number of alkyl halides is 4. The normalized spacial score (nSPS) is 14.2. The van der Waals surface area contributed by atoms with E-state index in [2.05, 4.69) is 0 Å². The standard InChI is InChI=1S/C9H16F4O2/c10-5-7-15-6-3-1-2-4-8(14)9(11,12)13/h8,14H,1-7H2/t8-/m1/s1. The molecule has 0 unspecified atom stereocenters. The zero-order valence-corrected chi connectivity index (χ0v) is 8.39. The van der Waals surface area contributed by atoms with E-state index in [-0.39, 0.29) is 13.0 Å². The van der Waals surface area contributed by atoms with Gasteiger partial charge in [-0.15, -0.1) is 0 Å². The van der Waals surface area contributed by atoms with Crippen LogP contribution < -0.4 is 0 Å². The summed E-state index contributed by atoms with van der Waals surface area (Å²) in [6.45, 7) is -0.163. The van der Waals surface area contributed by atoms with Gasteiger partial charge in [-0.2, -0.15) is 13.2 Å². The number of ether oxygens (including phenoxy) is 1. The molecule has 15 heavy (non-hydrogen) atoms. The van der Waals surface area contributed by atoms with Crippen molar-refractivity contribution in [1.29, 1.82) is 0 Å². The first-order chi connectivity index (χ1) is 6.98. The molecule has 0 aromatic heterocycles. The van der Waals surface area contributed by atoms with Crippen molar-refractivity contribution in [2.45, 2.75) is 38.0 Å². The highest BCUT2D eigenvalue weighted by Crippen LogP contribution is 2.23. The van der Waals surface area contributed by atoms with Crippen molar-refractivity contribution < 1.29 is 27.4 Å². The largest absolute Gasteiger partial charge is 0.414 e. The third-order valence-electron chi connectivity index (χ3n) is 1.87. The van der Waals surface area contributed by atoms with E-state index in [1.165, 1.54) is 0 Å². The minimum atomic E-state index is -4.52. The Morgan fingerprint density at radius 1 is 1.07 bits per heavy atom. The molecule has 92 valence electrons. The lowest BCUT2D eigenvalue weighted by molar-refractivity contribution is -0.205. The fraction of sp³-hybridized carbons (Fsp3) is 1.00. The first-order valence-corrected chi connectivity index (χ1v) is 4.87. The summed E-state index contributed by atoms with van der Waals surface area (Å²) in [6.07, 6.45) is -5.62. The quantitative estimate of drug-likeness (QED) is 0.514. The molecule has 0 aliphatic carbocycles. The Morgan fingerprint density at radius 3 is 2.27 bits per heavy atom. The number of rotatable bonds is 8. The lowest BCUT2D eigenvalue weighted by Crippen LogP contribution is -2.28. The number of hydrogen-bond acceptors (Lipinski definition) is 2. The van der Waals surface area contributed by atoms with Gasteiger partial charge in [-0.05, 0) is 12.8 Å². The fourth-order valence-corrected chi connectivity index (χ4v) is 1.04. The van der Waals surface area contributed by atoms with E-state index in [9.17, 15) is 17.6 Å². The summed E-state index contributed by atoms with van der Waals surface area (Å²) < 4.78 is 51.7. The highest BCUT2D eigenvalue weighted by atomic mass is 19.4. The minimum Gasteiger partial charge on any atom is -0.384 e. The fourth-order valence-electron chi connectivity index (χ4n) is 1.04. The molecule has 0 aromatic carbocycles. The summed E-state index contributed by atoms with van der Waals surface area (Å²) >= 11 is 0. The molecule has 0 saturated heterocycles. The van der Waals surface area contributed by atoms with Crippen LogP contribution in [0.15, 0.2) is 0 Å². The SMILES string of the molecule is O[C@H](CCCCCOCCF)C(F)(F)F. The van der Waals surface area contributed by atoms with Crippen LogP contribution in [0.25, 0.3) is 0 Å². The molecule has 0 amide bonds. The van der Waals surface area contributed by atoms with Crippen LogP contribution in [-0.2, 0) is 4.74 Å². The maximum absolute atomic E-state index is 11.8. The van der Waals surface area contributed by atoms with Crippen molar-refractivity contribution in [2.75, 3.05) is 19.9 Å². The monoisotopic (exact) mass is 232 g/mol. The summed E-state index contributed by atoms with van der Waals surface area (Å²) in [5.41, 5.74) is 0. The van der Waals surface area contributed by atoms with E-state index in [4.69, 9.17) is 9.84 Å². The summed E-state index contributed by atoms with van der Waals surface area (Å²) in [7, 11) is 0. The minimum absolute atomic E-state index is 0.0329. The van der Waals surface area contributed by atoms with E-state index in [0.717, 1.165) is 0 Å². The number of hydrogen-bond donors (Lipinski definition) is 1. The third-order valence-corrected chi connectivity index (χ3v) is 1.87. The molecule has 1 atom stereocenters. The summed E-state index contributed by atoms with van der Waals surface area (Å²) in [5, 5.41) is 8.62. The first kappa shape index (κ1) is 14.6. The van der Waals surface area contributed by atoms with Crippen LogP contribution in [0.5, 0.6) is 0 Å². The van der Waals surface area contributed by atoms with Gasteiger partial charge in [-0.3, -0.25) is 0 Å². The zero-order chi connectivity index (χ0) is 11.7. The maximum atomic E-state index is 11.8. The van der Waals surface area contributed by atoms with Gasteiger partial charge in [0, 0.05) is 6.61 Å². The van der Waals surface area contributed by atoms with Crippen LogP contribution in [0.4, 0.5) is 17.6 Å². The van der Waals surface area contributed by atoms with Crippen molar-refractivity contribution >= 4 is 0 Å². The van der Waals surface area contributed by atoms with E-state index in [1.807, 2.05) is 0 Å². The van der Waals surface area contributed by atoms with Gasteiger partial charge in [0.2, 0.25) is 0 Å². The topological polar surface area (TPSA) is 29.5 Å². The molecule has 0 bridgehead atoms. The number of aliphatic hydroxyl groups is 1. The Morgan fingerprint density at radius 2 is 1.73 bits per heavy atom. The second-order valence-corrected chi connectivity index (χ2v) is 3.21. The van der Waals surface area contributed by atoms with E-state index < -0.39 is 19.0 Å². The van der Waals surface area contributed by atoms with Gasteiger partial charge in [-0.25, -0.2) is 4.39 Å². The highest BCUT2D eigenvalue weighted by molar-refractivity contribution is 4.64. The molecular formula is C9H16F4O2. The third kappa shape index (κ3) is 8.62. The number of halogens is 4. The molecule has 0 aromatic rings. The second kappa shape index (κ2) is 7.87. The van der Waals surface area contributed by atoms with Crippen LogP contribution in [-0.4, -0.2) is 37.3 Å². The Kier molecular flexibility index (Phi) is 7.68.